The van der Waals surface area contributed by atoms with E-state index in [1.54, 1.807) is 31.2 Å². The first-order valence-corrected chi connectivity index (χ1v) is 8.75. The van der Waals surface area contributed by atoms with Gasteiger partial charge in [-0.1, -0.05) is 24.3 Å². The van der Waals surface area contributed by atoms with Crippen LogP contribution in [0.2, 0.25) is 0 Å². The maximum absolute atomic E-state index is 13.0. The molecule has 1 aliphatic rings. The second-order valence-electron chi connectivity index (χ2n) is 5.77. The molecule has 2 aromatic heterocycles. The number of allylic oxidation sites excluding steroid dienone is 3. The van der Waals surface area contributed by atoms with Crippen LogP contribution in [0.15, 0.2) is 54.9 Å². The molecule has 0 aliphatic heterocycles. The summed E-state index contributed by atoms with van der Waals surface area (Å²) in [6.45, 7) is 1.68. The van der Waals surface area contributed by atoms with Crippen molar-refractivity contribution in [1.29, 1.82) is 0 Å². The molecule has 1 N–H and O–H groups in total. The van der Waals surface area contributed by atoms with E-state index in [-0.39, 0.29) is 0 Å². The second-order valence-corrected chi connectivity index (χ2v) is 8.05. The monoisotopic (exact) mass is 344 g/mol. The molecular formula is C17H16N2O4S. The highest BCUT2D eigenvalue weighted by molar-refractivity contribution is 7.91. The number of carbonyl (C=O) groups is 1. The quantitative estimate of drug-likeness (QED) is 0.861. The third kappa shape index (κ3) is 2.67. The average molecular weight is 344 g/mol. The number of aliphatic carboxylic acids is 1. The van der Waals surface area contributed by atoms with Crippen molar-refractivity contribution in [3.63, 3.8) is 0 Å². The van der Waals surface area contributed by atoms with Crippen molar-refractivity contribution in [1.82, 2.24) is 8.96 Å². The standard InChI is InChI=1S/C17H16N2O4S/c1-17(8-3-2-4-9-17)24(22,23)19-10-7-14-11-13(5-6-15(20)21)12-18-16(14)19/h2-8,10-12H,9H2,1H3,(H,20,21)/b6-5+. The van der Waals surface area contributed by atoms with E-state index < -0.39 is 20.7 Å². The molecule has 0 amide bonds. The fourth-order valence-corrected chi connectivity index (χ4v) is 4.20. The molecule has 0 bridgehead atoms. The predicted molar refractivity (Wildman–Crippen MR) is 92.0 cm³/mol. The highest BCUT2D eigenvalue weighted by Crippen LogP contribution is 2.31. The van der Waals surface area contributed by atoms with Crippen molar-refractivity contribution >= 4 is 33.1 Å². The number of pyridine rings is 1. The number of aromatic nitrogens is 2. The lowest BCUT2D eigenvalue weighted by Gasteiger charge is -2.26. The van der Waals surface area contributed by atoms with Crippen molar-refractivity contribution < 1.29 is 18.3 Å². The molecule has 7 heteroatoms. The van der Waals surface area contributed by atoms with Gasteiger partial charge in [-0.15, -0.1) is 0 Å². The maximum Gasteiger partial charge on any atom is 0.328 e. The highest BCUT2D eigenvalue weighted by Gasteiger charge is 2.38. The Bertz CT molecular complexity index is 999. The lowest BCUT2D eigenvalue weighted by Crippen LogP contribution is -2.37. The molecule has 2 aromatic rings. The Morgan fingerprint density at radius 1 is 1.42 bits per heavy atom. The normalized spacial score (nSPS) is 20.9. The van der Waals surface area contributed by atoms with E-state index in [2.05, 4.69) is 4.98 Å². The molecule has 1 aliphatic carbocycles. The van der Waals surface area contributed by atoms with E-state index >= 15 is 0 Å². The predicted octanol–water partition coefficient (Wildman–Crippen LogP) is 2.59. The van der Waals surface area contributed by atoms with Crippen LogP contribution in [0.1, 0.15) is 18.9 Å². The van der Waals surface area contributed by atoms with E-state index in [9.17, 15) is 13.2 Å². The fourth-order valence-electron chi connectivity index (χ4n) is 2.59. The SMILES string of the molecule is CC1(S(=O)(=O)n2ccc3cc(/C=C/C(=O)O)cnc32)C=CC=CC1. The van der Waals surface area contributed by atoms with Crippen LogP contribution in [0.4, 0.5) is 0 Å². The van der Waals surface area contributed by atoms with Crippen molar-refractivity contribution in [2.45, 2.75) is 18.1 Å². The van der Waals surface area contributed by atoms with E-state index in [1.807, 2.05) is 12.2 Å². The van der Waals surface area contributed by atoms with Gasteiger partial charge in [0.15, 0.2) is 5.65 Å². The minimum Gasteiger partial charge on any atom is -0.478 e. The van der Waals surface area contributed by atoms with Gasteiger partial charge in [-0.25, -0.2) is 22.2 Å². The molecule has 1 unspecified atom stereocenters. The molecule has 1 atom stereocenters. The third-order valence-electron chi connectivity index (χ3n) is 4.00. The van der Waals surface area contributed by atoms with Crippen LogP contribution in [-0.4, -0.2) is 33.2 Å². The lowest BCUT2D eigenvalue weighted by molar-refractivity contribution is -0.131. The molecule has 0 radical (unpaired) electrons. The van der Waals surface area contributed by atoms with Gasteiger partial charge in [-0.2, -0.15) is 0 Å². The summed E-state index contributed by atoms with van der Waals surface area (Å²) in [5.74, 6) is -1.06. The molecular weight excluding hydrogens is 328 g/mol. The largest absolute Gasteiger partial charge is 0.478 e. The summed E-state index contributed by atoms with van der Waals surface area (Å²) in [6, 6.07) is 3.36. The zero-order valence-corrected chi connectivity index (χ0v) is 13.8. The van der Waals surface area contributed by atoms with Gasteiger partial charge in [0.25, 0.3) is 0 Å². The molecule has 0 saturated heterocycles. The summed E-state index contributed by atoms with van der Waals surface area (Å²) < 4.78 is 26.2. The Labute approximate surface area is 139 Å². The molecule has 0 aromatic carbocycles. The Kier molecular flexibility index (Phi) is 3.88. The number of carboxylic acid groups (broad SMARTS) is 1. The van der Waals surface area contributed by atoms with Crippen LogP contribution in [0.5, 0.6) is 0 Å². The zero-order chi connectivity index (χ0) is 17.4. The van der Waals surface area contributed by atoms with E-state index in [0.29, 0.717) is 23.0 Å². The van der Waals surface area contributed by atoms with Gasteiger partial charge in [0, 0.05) is 23.9 Å². The van der Waals surface area contributed by atoms with E-state index in [1.165, 1.54) is 22.4 Å². The molecule has 2 heterocycles. The zero-order valence-electron chi connectivity index (χ0n) is 13.0. The minimum absolute atomic E-state index is 0.326. The van der Waals surface area contributed by atoms with Gasteiger partial charge in [-0.3, -0.25) is 0 Å². The Morgan fingerprint density at radius 3 is 2.88 bits per heavy atom. The van der Waals surface area contributed by atoms with Gasteiger partial charge >= 0.3 is 5.97 Å². The van der Waals surface area contributed by atoms with Crippen molar-refractivity contribution in [3.05, 3.63) is 60.5 Å². The fraction of sp³-hybridized carbons (Fsp3) is 0.176. The van der Waals surface area contributed by atoms with Crippen LogP contribution >= 0.6 is 0 Å². The van der Waals surface area contributed by atoms with E-state index in [0.717, 1.165) is 6.08 Å². The molecule has 24 heavy (non-hydrogen) atoms. The number of fused-ring (bicyclic) bond motifs is 1. The summed E-state index contributed by atoms with van der Waals surface area (Å²) >= 11 is 0. The Morgan fingerprint density at radius 2 is 2.21 bits per heavy atom. The summed E-state index contributed by atoms with van der Waals surface area (Å²) in [5.41, 5.74) is 0.915. The van der Waals surface area contributed by atoms with Crippen LogP contribution in [0, 0.1) is 0 Å². The third-order valence-corrected chi connectivity index (χ3v) is 6.29. The summed E-state index contributed by atoms with van der Waals surface area (Å²) in [7, 11) is -3.68. The number of hydrogen-bond acceptors (Lipinski definition) is 4. The van der Waals surface area contributed by atoms with Crippen LogP contribution in [-0.2, 0) is 14.8 Å². The average Bonchev–Trinajstić information content (AvgIpc) is 2.97. The smallest absolute Gasteiger partial charge is 0.328 e. The Balaban J connectivity index is 2.06. The maximum atomic E-state index is 13.0. The van der Waals surface area contributed by atoms with Gasteiger partial charge < -0.3 is 5.11 Å². The van der Waals surface area contributed by atoms with E-state index in [4.69, 9.17) is 5.11 Å². The minimum atomic E-state index is -3.68. The molecule has 0 spiro atoms. The summed E-state index contributed by atoms with van der Waals surface area (Å²) in [4.78, 5) is 14.8. The second kappa shape index (κ2) is 5.76. The first-order chi connectivity index (χ1) is 11.3. The lowest BCUT2D eigenvalue weighted by atomic mass is 10.0. The molecule has 3 rings (SSSR count). The van der Waals surface area contributed by atoms with Gasteiger partial charge in [0.05, 0.1) is 0 Å². The van der Waals surface area contributed by atoms with Crippen molar-refractivity contribution in [2.75, 3.05) is 0 Å². The number of hydrogen-bond donors (Lipinski definition) is 1. The Hall–Kier alpha value is -2.67. The van der Waals surface area contributed by atoms with Crippen LogP contribution < -0.4 is 0 Å². The van der Waals surface area contributed by atoms with Crippen molar-refractivity contribution in [2.24, 2.45) is 0 Å². The first kappa shape index (κ1) is 16.2. The van der Waals surface area contributed by atoms with Crippen molar-refractivity contribution in [3.8, 4) is 0 Å². The number of rotatable bonds is 4. The highest BCUT2D eigenvalue weighted by atomic mass is 32.2. The van der Waals surface area contributed by atoms with Crippen LogP contribution in [0.3, 0.4) is 0 Å². The van der Waals surface area contributed by atoms with Gasteiger partial charge in [0.2, 0.25) is 10.0 Å². The first-order valence-electron chi connectivity index (χ1n) is 7.31. The topological polar surface area (TPSA) is 89.3 Å². The summed E-state index contributed by atoms with van der Waals surface area (Å²) in [5, 5.41) is 9.30. The van der Waals surface area contributed by atoms with Gasteiger partial charge in [0.1, 0.15) is 4.75 Å². The number of nitrogens with zero attached hydrogens (tertiary/aromatic N) is 2. The summed E-state index contributed by atoms with van der Waals surface area (Å²) in [6.07, 6.45) is 12.8. The number of carboxylic acids is 1. The molecule has 6 nitrogen and oxygen atoms in total. The van der Waals surface area contributed by atoms with Gasteiger partial charge in [-0.05, 0) is 37.1 Å². The molecule has 124 valence electrons. The molecule has 0 fully saturated rings. The molecule has 0 saturated carbocycles. The van der Waals surface area contributed by atoms with Crippen LogP contribution in [0.25, 0.3) is 17.1 Å².